The molecule has 0 aromatic heterocycles. The van der Waals surface area contributed by atoms with Crippen molar-refractivity contribution in [2.24, 2.45) is 4.99 Å². The number of guanidine groups is 1. The highest BCUT2D eigenvalue weighted by atomic mass is 16.5. The van der Waals surface area contributed by atoms with Crippen LogP contribution in [0.25, 0.3) is 0 Å². The summed E-state index contributed by atoms with van der Waals surface area (Å²) in [6.45, 7) is 1.28. The summed E-state index contributed by atoms with van der Waals surface area (Å²) in [5, 5.41) is 6.20. The first-order chi connectivity index (χ1) is 8.80. The summed E-state index contributed by atoms with van der Waals surface area (Å²) in [4.78, 5) is 4.06. The van der Waals surface area contributed by atoms with E-state index >= 15 is 0 Å². The van der Waals surface area contributed by atoms with Crippen LogP contribution >= 0.6 is 0 Å². The lowest BCUT2D eigenvalue weighted by Gasteiger charge is -2.10. The topological polar surface area (TPSA) is 45.7 Å². The Kier molecular flexibility index (Phi) is 6.20. The van der Waals surface area contributed by atoms with Crippen LogP contribution in [-0.2, 0) is 6.42 Å². The van der Waals surface area contributed by atoms with E-state index in [0.717, 1.165) is 24.7 Å². The third kappa shape index (κ3) is 4.79. The molecule has 0 amide bonds. The molecule has 1 rings (SSSR count). The first kappa shape index (κ1) is 13.9. The Morgan fingerprint density at radius 2 is 2.06 bits per heavy atom. The molecule has 0 aliphatic heterocycles. The molecule has 0 spiro atoms. The van der Waals surface area contributed by atoms with Gasteiger partial charge in [-0.3, -0.25) is 4.99 Å². The predicted molar refractivity (Wildman–Crippen MR) is 74.9 cm³/mol. The van der Waals surface area contributed by atoms with Crippen LogP contribution in [0.5, 0.6) is 5.75 Å². The standard InChI is InChI=1S/C14H19N3O/c1-4-10-16-14(15-2)17-11-9-12-5-7-13(18-3)8-6-12/h1,5-8H,9-11H2,2-3H3,(H2,15,16,17). The quantitative estimate of drug-likeness (QED) is 0.463. The maximum atomic E-state index is 5.17. The second-order valence-electron chi connectivity index (χ2n) is 3.65. The number of ether oxygens (including phenoxy) is 1. The summed E-state index contributed by atoms with van der Waals surface area (Å²) in [6, 6.07) is 8.03. The zero-order valence-corrected chi connectivity index (χ0v) is 10.9. The van der Waals surface area contributed by atoms with Crippen molar-refractivity contribution in [3.05, 3.63) is 29.8 Å². The third-order valence-electron chi connectivity index (χ3n) is 2.45. The van der Waals surface area contributed by atoms with E-state index in [1.807, 2.05) is 12.1 Å². The summed E-state index contributed by atoms with van der Waals surface area (Å²) < 4.78 is 5.11. The molecule has 96 valence electrons. The van der Waals surface area contributed by atoms with E-state index in [4.69, 9.17) is 11.2 Å². The van der Waals surface area contributed by atoms with Crippen molar-refractivity contribution >= 4 is 5.96 Å². The highest BCUT2D eigenvalue weighted by molar-refractivity contribution is 5.79. The molecule has 0 fully saturated rings. The van der Waals surface area contributed by atoms with E-state index < -0.39 is 0 Å². The fraction of sp³-hybridized carbons (Fsp3) is 0.357. The fourth-order valence-electron chi connectivity index (χ4n) is 1.47. The van der Waals surface area contributed by atoms with Crippen molar-refractivity contribution in [1.82, 2.24) is 10.6 Å². The van der Waals surface area contributed by atoms with E-state index in [-0.39, 0.29) is 0 Å². The molecule has 18 heavy (non-hydrogen) atoms. The van der Waals surface area contributed by atoms with Crippen molar-refractivity contribution < 1.29 is 4.74 Å². The van der Waals surface area contributed by atoms with Crippen LogP contribution < -0.4 is 15.4 Å². The number of hydrogen-bond donors (Lipinski definition) is 2. The molecular formula is C14H19N3O. The number of rotatable bonds is 5. The van der Waals surface area contributed by atoms with Crippen molar-refractivity contribution in [1.29, 1.82) is 0 Å². The van der Waals surface area contributed by atoms with Gasteiger partial charge in [-0.1, -0.05) is 18.1 Å². The molecule has 0 aliphatic rings. The molecule has 1 aromatic carbocycles. The third-order valence-corrected chi connectivity index (χ3v) is 2.45. The Morgan fingerprint density at radius 3 is 2.61 bits per heavy atom. The van der Waals surface area contributed by atoms with Gasteiger partial charge in [-0.15, -0.1) is 6.42 Å². The largest absolute Gasteiger partial charge is 0.497 e. The van der Waals surface area contributed by atoms with E-state index in [2.05, 4.69) is 33.7 Å². The lowest BCUT2D eigenvalue weighted by Crippen LogP contribution is -2.38. The lowest BCUT2D eigenvalue weighted by atomic mass is 10.1. The van der Waals surface area contributed by atoms with Crippen molar-refractivity contribution in [2.75, 3.05) is 27.2 Å². The normalized spacial score (nSPS) is 10.6. The zero-order valence-electron chi connectivity index (χ0n) is 10.9. The summed E-state index contributed by atoms with van der Waals surface area (Å²) in [6.07, 6.45) is 6.09. The second kappa shape index (κ2) is 8.02. The minimum absolute atomic E-state index is 0.474. The number of nitrogens with one attached hydrogen (secondary N) is 2. The van der Waals surface area contributed by atoms with Gasteiger partial charge in [0.25, 0.3) is 0 Å². The summed E-state index contributed by atoms with van der Waals surface area (Å²) in [5.41, 5.74) is 1.25. The Balaban J connectivity index is 2.34. The van der Waals surface area contributed by atoms with Gasteiger partial charge in [-0.05, 0) is 24.1 Å². The van der Waals surface area contributed by atoms with Gasteiger partial charge in [-0.25, -0.2) is 0 Å². The molecule has 4 nitrogen and oxygen atoms in total. The van der Waals surface area contributed by atoms with Gasteiger partial charge in [0.2, 0.25) is 0 Å². The summed E-state index contributed by atoms with van der Waals surface area (Å²) >= 11 is 0. The van der Waals surface area contributed by atoms with Gasteiger partial charge in [0.1, 0.15) is 5.75 Å². The number of methoxy groups -OCH3 is 1. The van der Waals surface area contributed by atoms with Crippen LogP contribution in [0.3, 0.4) is 0 Å². The van der Waals surface area contributed by atoms with Crippen LogP contribution in [0, 0.1) is 12.3 Å². The Morgan fingerprint density at radius 1 is 1.33 bits per heavy atom. The molecule has 0 atom stereocenters. The monoisotopic (exact) mass is 245 g/mol. The Bertz CT molecular complexity index is 418. The maximum absolute atomic E-state index is 5.17. The van der Waals surface area contributed by atoms with Crippen molar-refractivity contribution in [3.8, 4) is 18.1 Å². The van der Waals surface area contributed by atoms with Gasteiger partial charge in [0, 0.05) is 13.6 Å². The average molecular weight is 245 g/mol. The summed E-state index contributed by atoms with van der Waals surface area (Å²) in [7, 11) is 3.39. The first-order valence-corrected chi connectivity index (χ1v) is 5.81. The molecule has 0 saturated carbocycles. The van der Waals surface area contributed by atoms with Crippen LogP contribution in [0.4, 0.5) is 0 Å². The molecule has 2 N–H and O–H groups in total. The molecule has 4 heteroatoms. The molecule has 0 unspecified atom stereocenters. The van der Waals surface area contributed by atoms with Gasteiger partial charge < -0.3 is 15.4 Å². The minimum atomic E-state index is 0.474. The van der Waals surface area contributed by atoms with Crippen LogP contribution in [0.15, 0.2) is 29.3 Å². The summed E-state index contributed by atoms with van der Waals surface area (Å²) in [5.74, 6) is 4.10. The number of hydrogen-bond acceptors (Lipinski definition) is 2. The van der Waals surface area contributed by atoms with E-state index in [1.165, 1.54) is 5.56 Å². The highest BCUT2D eigenvalue weighted by Crippen LogP contribution is 2.11. The zero-order chi connectivity index (χ0) is 13.2. The number of nitrogens with zero attached hydrogens (tertiary/aromatic N) is 1. The smallest absolute Gasteiger partial charge is 0.191 e. The van der Waals surface area contributed by atoms with Gasteiger partial charge in [0.05, 0.1) is 13.7 Å². The van der Waals surface area contributed by atoms with Crippen molar-refractivity contribution in [2.45, 2.75) is 6.42 Å². The number of terminal acetylenes is 1. The first-order valence-electron chi connectivity index (χ1n) is 5.81. The SMILES string of the molecule is C#CCNC(=NC)NCCc1ccc(OC)cc1. The predicted octanol–water partition coefficient (Wildman–Crippen LogP) is 1.04. The molecular weight excluding hydrogens is 226 g/mol. The molecule has 0 aliphatic carbocycles. The number of aliphatic imine (C=N–C) groups is 1. The van der Waals surface area contributed by atoms with E-state index in [9.17, 15) is 0 Å². The van der Waals surface area contributed by atoms with Gasteiger partial charge in [0.15, 0.2) is 5.96 Å². The van der Waals surface area contributed by atoms with E-state index in [0.29, 0.717) is 6.54 Å². The minimum Gasteiger partial charge on any atom is -0.497 e. The molecule has 0 bridgehead atoms. The molecule has 0 radical (unpaired) electrons. The van der Waals surface area contributed by atoms with E-state index in [1.54, 1.807) is 14.2 Å². The second-order valence-corrected chi connectivity index (χ2v) is 3.65. The van der Waals surface area contributed by atoms with Crippen LogP contribution in [-0.4, -0.2) is 33.2 Å². The molecule has 0 heterocycles. The van der Waals surface area contributed by atoms with Crippen LogP contribution in [0.2, 0.25) is 0 Å². The van der Waals surface area contributed by atoms with Gasteiger partial charge >= 0.3 is 0 Å². The Hall–Kier alpha value is -2.15. The molecule has 0 saturated heterocycles. The lowest BCUT2D eigenvalue weighted by molar-refractivity contribution is 0.414. The highest BCUT2D eigenvalue weighted by Gasteiger charge is 1.97. The van der Waals surface area contributed by atoms with Crippen LogP contribution in [0.1, 0.15) is 5.56 Å². The van der Waals surface area contributed by atoms with Gasteiger partial charge in [-0.2, -0.15) is 0 Å². The Labute approximate surface area is 108 Å². The van der Waals surface area contributed by atoms with Crippen molar-refractivity contribution in [3.63, 3.8) is 0 Å². The number of benzene rings is 1. The fourth-order valence-corrected chi connectivity index (χ4v) is 1.47. The maximum Gasteiger partial charge on any atom is 0.191 e. The molecule has 1 aromatic rings. The average Bonchev–Trinajstić information content (AvgIpc) is 2.43.